The summed E-state index contributed by atoms with van der Waals surface area (Å²) in [6.45, 7) is 17.8. The molecule has 0 radical (unpaired) electrons. The lowest BCUT2D eigenvalue weighted by Gasteiger charge is -2.34. The van der Waals surface area contributed by atoms with Crippen molar-refractivity contribution in [2.75, 3.05) is 13.6 Å². The lowest BCUT2D eigenvalue weighted by atomic mass is 9.73. The molecule has 4 atom stereocenters. The maximum atomic E-state index is 3.29. The quantitative estimate of drug-likeness (QED) is 0.717. The number of rotatable bonds is 6. The molecule has 98 valence electrons. The molecule has 1 N–H and O–H groups in total. The van der Waals surface area contributed by atoms with Gasteiger partial charge >= 0.3 is 0 Å². The summed E-state index contributed by atoms with van der Waals surface area (Å²) < 4.78 is 0. The predicted octanol–water partition coefficient (Wildman–Crippen LogP) is 4.19. The van der Waals surface area contributed by atoms with E-state index in [1.807, 2.05) is 7.05 Å². The van der Waals surface area contributed by atoms with Crippen molar-refractivity contribution >= 4 is 0 Å². The molecule has 0 bridgehead atoms. The molecule has 0 aliphatic carbocycles. The van der Waals surface area contributed by atoms with Crippen molar-refractivity contribution in [2.24, 2.45) is 29.1 Å². The average Bonchev–Trinajstić information content (AvgIpc) is 2.13. The second-order valence-corrected chi connectivity index (χ2v) is 7.00. The van der Waals surface area contributed by atoms with Gasteiger partial charge in [-0.1, -0.05) is 48.5 Å². The van der Waals surface area contributed by atoms with Crippen molar-refractivity contribution in [3.63, 3.8) is 0 Å². The molecule has 0 aromatic carbocycles. The Hall–Kier alpha value is -0.0400. The maximum absolute atomic E-state index is 3.29. The average molecular weight is 227 g/mol. The smallest absolute Gasteiger partial charge is 0.00235 e. The van der Waals surface area contributed by atoms with Crippen LogP contribution in [0, 0.1) is 29.1 Å². The van der Waals surface area contributed by atoms with Gasteiger partial charge in [0.2, 0.25) is 0 Å². The minimum atomic E-state index is 0.458. The van der Waals surface area contributed by atoms with Crippen molar-refractivity contribution < 1.29 is 0 Å². The Morgan fingerprint density at radius 1 is 0.875 bits per heavy atom. The van der Waals surface area contributed by atoms with Gasteiger partial charge in [0.25, 0.3) is 0 Å². The molecule has 1 heteroatoms. The van der Waals surface area contributed by atoms with Gasteiger partial charge in [0, 0.05) is 0 Å². The first kappa shape index (κ1) is 16.0. The second-order valence-electron chi connectivity index (χ2n) is 7.00. The molecule has 1 nitrogen and oxygen atoms in total. The van der Waals surface area contributed by atoms with E-state index < -0.39 is 0 Å². The summed E-state index contributed by atoms with van der Waals surface area (Å²) in [5.41, 5.74) is 0.458. The van der Waals surface area contributed by atoms with Crippen LogP contribution in [-0.2, 0) is 0 Å². The summed E-state index contributed by atoms with van der Waals surface area (Å²) >= 11 is 0. The highest BCUT2D eigenvalue weighted by atomic mass is 14.8. The number of hydrogen-bond acceptors (Lipinski definition) is 1. The molecule has 0 rings (SSSR count). The van der Waals surface area contributed by atoms with Gasteiger partial charge in [0.1, 0.15) is 0 Å². The number of hydrogen-bond donors (Lipinski definition) is 1. The van der Waals surface area contributed by atoms with Gasteiger partial charge in [-0.15, -0.1) is 0 Å². The Morgan fingerprint density at radius 3 is 1.69 bits per heavy atom. The third-order valence-electron chi connectivity index (χ3n) is 4.08. The van der Waals surface area contributed by atoms with Crippen LogP contribution >= 0.6 is 0 Å². The van der Waals surface area contributed by atoms with Gasteiger partial charge in [-0.25, -0.2) is 0 Å². The second kappa shape index (κ2) is 6.64. The topological polar surface area (TPSA) is 12.0 Å². The van der Waals surface area contributed by atoms with E-state index in [9.17, 15) is 0 Å². The third kappa shape index (κ3) is 5.89. The van der Waals surface area contributed by atoms with E-state index in [4.69, 9.17) is 0 Å². The first-order valence-corrected chi connectivity index (χ1v) is 6.83. The number of nitrogens with one attached hydrogen (secondary N) is 1. The largest absolute Gasteiger partial charge is 0.319 e. The molecule has 0 fully saturated rings. The zero-order chi connectivity index (χ0) is 12.9. The summed E-state index contributed by atoms with van der Waals surface area (Å²) in [4.78, 5) is 0. The van der Waals surface area contributed by atoms with Crippen LogP contribution in [0.2, 0.25) is 0 Å². The van der Waals surface area contributed by atoms with Crippen molar-refractivity contribution in [1.29, 1.82) is 0 Å². The van der Waals surface area contributed by atoms with E-state index in [1.165, 1.54) is 6.42 Å². The van der Waals surface area contributed by atoms with Crippen LogP contribution in [0.5, 0.6) is 0 Å². The Bertz CT molecular complexity index is 180. The summed E-state index contributed by atoms with van der Waals surface area (Å²) in [6, 6.07) is 0. The van der Waals surface area contributed by atoms with E-state index in [2.05, 4.69) is 53.8 Å². The van der Waals surface area contributed by atoms with Crippen LogP contribution in [0.25, 0.3) is 0 Å². The standard InChI is InChI=1S/C15H33N/c1-11(9-15(5,6)7)13(3)14(4)12(2)10-16-8/h11-14,16H,9-10H2,1-8H3/t11?,12?,13-,14-/m1/s1. The highest BCUT2D eigenvalue weighted by Gasteiger charge is 2.26. The van der Waals surface area contributed by atoms with E-state index in [0.717, 1.165) is 30.2 Å². The third-order valence-corrected chi connectivity index (χ3v) is 4.08. The molecule has 2 unspecified atom stereocenters. The van der Waals surface area contributed by atoms with Crippen LogP contribution in [-0.4, -0.2) is 13.6 Å². The molecular formula is C15H33N. The monoisotopic (exact) mass is 227 g/mol. The van der Waals surface area contributed by atoms with Crippen molar-refractivity contribution in [3.05, 3.63) is 0 Å². The van der Waals surface area contributed by atoms with E-state index in [0.29, 0.717) is 5.41 Å². The zero-order valence-corrected chi connectivity index (χ0v) is 12.7. The lowest BCUT2D eigenvalue weighted by Crippen LogP contribution is -2.30. The Kier molecular flexibility index (Phi) is 6.62. The van der Waals surface area contributed by atoms with Crippen LogP contribution in [0.3, 0.4) is 0 Å². The maximum Gasteiger partial charge on any atom is -0.00235 e. The summed E-state index contributed by atoms with van der Waals surface area (Å²) in [6.07, 6.45) is 1.32. The van der Waals surface area contributed by atoms with Gasteiger partial charge in [0.15, 0.2) is 0 Å². The van der Waals surface area contributed by atoms with E-state index in [-0.39, 0.29) is 0 Å². The van der Waals surface area contributed by atoms with Crippen molar-refractivity contribution in [1.82, 2.24) is 5.32 Å². The van der Waals surface area contributed by atoms with E-state index in [1.54, 1.807) is 0 Å². The molecule has 0 saturated carbocycles. The molecule has 16 heavy (non-hydrogen) atoms. The fourth-order valence-electron chi connectivity index (χ4n) is 2.70. The Labute approximate surface area is 103 Å². The molecule has 0 saturated heterocycles. The summed E-state index contributed by atoms with van der Waals surface area (Å²) in [5, 5.41) is 3.29. The SMILES string of the molecule is CNCC(C)[C@@H](C)[C@H](C)C(C)CC(C)(C)C. The summed E-state index contributed by atoms with van der Waals surface area (Å²) in [5.74, 6) is 3.18. The van der Waals surface area contributed by atoms with Gasteiger partial charge in [-0.2, -0.15) is 0 Å². The Morgan fingerprint density at radius 2 is 1.31 bits per heavy atom. The molecule has 0 aromatic heterocycles. The summed E-state index contributed by atoms with van der Waals surface area (Å²) in [7, 11) is 2.05. The molecular weight excluding hydrogens is 194 g/mol. The first-order valence-electron chi connectivity index (χ1n) is 6.83. The first-order chi connectivity index (χ1) is 7.19. The molecule has 0 amide bonds. The van der Waals surface area contributed by atoms with Crippen LogP contribution in [0.4, 0.5) is 0 Å². The molecule has 0 heterocycles. The van der Waals surface area contributed by atoms with Crippen molar-refractivity contribution in [3.8, 4) is 0 Å². The van der Waals surface area contributed by atoms with Crippen molar-refractivity contribution in [2.45, 2.75) is 54.9 Å². The fraction of sp³-hybridized carbons (Fsp3) is 1.00. The van der Waals surface area contributed by atoms with Gasteiger partial charge in [-0.3, -0.25) is 0 Å². The highest BCUT2D eigenvalue weighted by molar-refractivity contribution is 4.76. The van der Waals surface area contributed by atoms with Gasteiger partial charge in [0.05, 0.1) is 0 Å². The fourth-order valence-corrected chi connectivity index (χ4v) is 2.70. The molecule has 0 aliphatic heterocycles. The molecule has 0 aromatic rings. The van der Waals surface area contributed by atoms with Gasteiger partial charge < -0.3 is 5.32 Å². The van der Waals surface area contributed by atoms with Gasteiger partial charge in [-0.05, 0) is 49.1 Å². The predicted molar refractivity (Wildman–Crippen MR) is 74.7 cm³/mol. The van der Waals surface area contributed by atoms with E-state index >= 15 is 0 Å². The molecule has 0 aliphatic rings. The zero-order valence-electron chi connectivity index (χ0n) is 12.7. The lowest BCUT2D eigenvalue weighted by molar-refractivity contribution is 0.166. The van der Waals surface area contributed by atoms with Crippen LogP contribution in [0.1, 0.15) is 54.9 Å². The molecule has 0 spiro atoms. The highest BCUT2D eigenvalue weighted by Crippen LogP contribution is 2.34. The normalized spacial score (nSPS) is 20.2. The Balaban J connectivity index is 4.25. The van der Waals surface area contributed by atoms with Crippen LogP contribution < -0.4 is 5.32 Å². The van der Waals surface area contributed by atoms with Crippen LogP contribution in [0.15, 0.2) is 0 Å². The minimum Gasteiger partial charge on any atom is -0.319 e. The minimum absolute atomic E-state index is 0.458.